The minimum atomic E-state index is -8.24. The third-order valence-electron chi connectivity index (χ3n) is 5.79. The van der Waals surface area contributed by atoms with E-state index in [0.29, 0.717) is 6.92 Å². The Kier molecular flexibility index (Phi) is 12.6. The number of hydrogen-bond donors (Lipinski definition) is 0. The zero-order valence-electron chi connectivity index (χ0n) is 22.6. The largest absolute Gasteiger partial charge is 0.460 e. The minimum Gasteiger partial charge on any atom is -0.456 e. The van der Waals surface area contributed by atoms with Crippen LogP contribution in [0.5, 0.6) is 0 Å². The Hall–Kier alpha value is -2.51. The first-order chi connectivity index (χ1) is 20.7. The molecule has 0 saturated heterocycles. The van der Waals surface area contributed by atoms with E-state index in [9.17, 15) is 110 Å². The van der Waals surface area contributed by atoms with Crippen LogP contribution < -0.4 is 0 Å². The Morgan fingerprint density at radius 2 is 0.875 bits per heavy atom. The first-order valence-electron chi connectivity index (χ1n) is 11.6. The van der Waals surface area contributed by atoms with Crippen LogP contribution in [0.3, 0.4) is 0 Å². The number of rotatable bonds is 17. The van der Waals surface area contributed by atoms with Crippen LogP contribution in [0.4, 0.5) is 105 Å². The lowest BCUT2D eigenvalue weighted by molar-refractivity contribution is -0.440. The van der Waals surface area contributed by atoms with Gasteiger partial charge in [0.2, 0.25) is 0 Å². The van der Waals surface area contributed by atoms with E-state index in [4.69, 9.17) is 0 Å². The predicted octanol–water partition coefficient (Wildman–Crippen LogP) is 9.50. The molecule has 0 aromatic heterocycles. The molecule has 0 amide bonds. The molecule has 0 bridgehead atoms. The summed E-state index contributed by atoms with van der Waals surface area (Å²) in [5, 5.41) is 0. The van der Waals surface area contributed by atoms with Crippen LogP contribution >= 0.6 is 0 Å². The zero-order valence-corrected chi connectivity index (χ0v) is 22.6. The van der Waals surface area contributed by atoms with Gasteiger partial charge in [0.25, 0.3) is 0 Å². The second-order valence-corrected chi connectivity index (χ2v) is 9.62. The average molecular weight is 772 g/mol. The van der Waals surface area contributed by atoms with Crippen molar-refractivity contribution >= 4 is 5.97 Å². The molecule has 27 heteroatoms. The molecule has 0 aliphatic heterocycles. The van der Waals surface area contributed by atoms with Crippen LogP contribution in [0.15, 0.2) is 12.2 Å². The fraction of sp³-hybridized carbons (Fsp3) is 0.857. The molecule has 1 atom stereocenters. The van der Waals surface area contributed by atoms with Crippen molar-refractivity contribution in [3.8, 4) is 0 Å². The maximum absolute atomic E-state index is 14.1. The highest BCUT2D eigenvalue weighted by Gasteiger charge is 2.91. The molecule has 0 N–H and O–H groups in total. The van der Waals surface area contributed by atoms with Crippen LogP contribution in [0.1, 0.15) is 26.2 Å². The molecule has 0 aliphatic rings. The summed E-state index contributed by atoms with van der Waals surface area (Å²) < 4.78 is 324. The summed E-state index contributed by atoms with van der Waals surface area (Å²) in [6.45, 7) is -0.313. The van der Waals surface area contributed by atoms with E-state index >= 15 is 0 Å². The summed E-state index contributed by atoms with van der Waals surface area (Å²) >= 11 is 0. The van der Waals surface area contributed by atoms with Gasteiger partial charge in [0.05, 0.1) is 13.0 Å². The van der Waals surface area contributed by atoms with Gasteiger partial charge >= 0.3 is 71.6 Å². The van der Waals surface area contributed by atoms with Crippen molar-refractivity contribution in [2.24, 2.45) is 0 Å². The van der Waals surface area contributed by atoms with Gasteiger partial charge in [0, 0.05) is 18.6 Å². The van der Waals surface area contributed by atoms with E-state index in [1.807, 2.05) is 0 Å². The number of carbonyl (C=O) groups is 1. The highest BCUT2D eigenvalue weighted by atomic mass is 19.4. The maximum Gasteiger partial charge on any atom is 0.460 e. The van der Waals surface area contributed by atoms with Crippen LogP contribution in [0.25, 0.3) is 0 Å². The van der Waals surface area contributed by atoms with Crippen molar-refractivity contribution in [2.45, 2.75) is 97.9 Å². The van der Waals surface area contributed by atoms with Gasteiger partial charge < -0.3 is 9.47 Å². The summed E-state index contributed by atoms with van der Waals surface area (Å²) in [6, 6.07) is 0. The molecule has 0 aliphatic carbocycles. The SMILES string of the molecule is C=C(C)C(=O)OC(COCCCC(F)(F)C(F)(F)C(F)(F)C(F)(F)C(F)(F)C(F)(F)F)CC(F)(F)C(F)(F)C(F)(F)C(F)(F)C(F)(F)F. The van der Waals surface area contributed by atoms with E-state index in [2.05, 4.69) is 16.1 Å². The second-order valence-electron chi connectivity index (χ2n) is 9.62. The molecule has 0 fully saturated rings. The monoisotopic (exact) mass is 772 g/mol. The molecule has 3 nitrogen and oxygen atoms in total. The lowest BCUT2D eigenvalue weighted by atomic mass is 9.92. The Bertz CT molecular complexity index is 1130. The van der Waals surface area contributed by atoms with Crippen LogP contribution in [-0.2, 0) is 14.3 Å². The van der Waals surface area contributed by atoms with Gasteiger partial charge in [0.1, 0.15) is 6.10 Å². The molecular formula is C21H16F24O3. The van der Waals surface area contributed by atoms with Gasteiger partial charge in [-0.15, -0.1) is 0 Å². The summed E-state index contributed by atoms with van der Waals surface area (Å²) in [7, 11) is 0. The van der Waals surface area contributed by atoms with Crippen molar-refractivity contribution in [1.82, 2.24) is 0 Å². The van der Waals surface area contributed by atoms with E-state index in [1.54, 1.807) is 0 Å². The quantitative estimate of drug-likeness (QED) is 0.0640. The molecular weight excluding hydrogens is 756 g/mol. The van der Waals surface area contributed by atoms with E-state index in [-0.39, 0.29) is 0 Å². The molecule has 286 valence electrons. The standard InChI is InChI=1S/C21H16F24O3/c1-8(2)10(46)48-9(6-12(24,25)14(28,29)16(32,33)18(36,37)20(40,41)42)7-47-5-3-4-11(22,23)13(26,27)15(30,31)17(34,35)19(38,39)21(43,44)45/h9H,1,3-7H2,2H3. The Morgan fingerprint density at radius 1 is 0.542 bits per heavy atom. The maximum atomic E-state index is 14.1. The normalized spacial score (nSPS) is 16.2. The summed E-state index contributed by atoms with van der Waals surface area (Å²) in [5.74, 6) is -70.9. The fourth-order valence-electron chi connectivity index (χ4n) is 2.98. The topological polar surface area (TPSA) is 35.5 Å². The highest BCUT2D eigenvalue weighted by Crippen LogP contribution is 2.61. The second kappa shape index (κ2) is 13.3. The highest BCUT2D eigenvalue weighted by molar-refractivity contribution is 5.87. The molecule has 0 radical (unpaired) electrons. The van der Waals surface area contributed by atoms with Gasteiger partial charge in [-0.05, 0) is 13.3 Å². The molecule has 0 saturated carbocycles. The van der Waals surface area contributed by atoms with Gasteiger partial charge in [0.15, 0.2) is 0 Å². The lowest BCUT2D eigenvalue weighted by Crippen LogP contribution is -2.70. The molecule has 1 unspecified atom stereocenters. The van der Waals surface area contributed by atoms with E-state index in [0.717, 1.165) is 0 Å². The molecule has 0 spiro atoms. The molecule has 0 heterocycles. The Morgan fingerprint density at radius 3 is 1.23 bits per heavy atom. The number of ether oxygens (including phenoxy) is 2. The third kappa shape index (κ3) is 7.78. The lowest BCUT2D eigenvalue weighted by Gasteiger charge is -2.39. The van der Waals surface area contributed by atoms with E-state index < -0.39 is 116 Å². The van der Waals surface area contributed by atoms with E-state index in [1.165, 1.54) is 0 Å². The zero-order chi connectivity index (χ0) is 39.2. The van der Waals surface area contributed by atoms with Crippen molar-refractivity contribution in [3.05, 3.63) is 12.2 Å². The van der Waals surface area contributed by atoms with Crippen molar-refractivity contribution in [2.75, 3.05) is 13.2 Å². The number of alkyl halides is 24. The van der Waals surface area contributed by atoms with Gasteiger partial charge in [-0.1, -0.05) is 6.58 Å². The van der Waals surface area contributed by atoms with Gasteiger partial charge in [-0.25, -0.2) is 4.79 Å². The van der Waals surface area contributed by atoms with Gasteiger partial charge in [-0.2, -0.15) is 105 Å². The first-order valence-corrected chi connectivity index (χ1v) is 11.6. The average Bonchev–Trinajstić information content (AvgIpc) is 2.85. The van der Waals surface area contributed by atoms with Crippen molar-refractivity contribution < 1.29 is 120 Å². The van der Waals surface area contributed by atoms with Crippen LogP contribution in [0.2, 0.25) is 0 Å². The summed E-state index contributed by atoms with van der Waals surface area (Å²) in [4.78, 5) is 11.5. The Balaban J connectivity index is 6.03. The number of esters is 1. The predicted molar refractivity (Wildman–Crippen MR) is 106 cm³/mol. The molecule has 0 aromatic carbocycles. The van der Waals surface area contributed by atoms with Crippen LogP contribution in [0, 0.1) is 0 Å². The third-order valence-corrected chi connectivity index (χ3v) is 5.79. The number of carbonyl (C=O) groups excluding carboxylic acids is 1. The van der Waals surface area contributed by atoms with Crippen molar-refractivity contribution in [1.29, 1.82) is 0 Å². The smallest absolute Gasteiger partial charge is 0.456 e. The molecule has 0 aromatic rings. The Labute approximate surface area is 250 Å². The number of halogens is 24. The molecule has 48 heavy (non-hydrogen) atoms. The first kappa shape index (κ1) is 45.5. The minimum absolute atomic E-state index is 0.664. The van der Waals surface area contributed by atoms with Gasteiger partial charge in [-0.3, -0.25) is 0 Å². The number of hydrogen-bond acceptors (Lipinski definition) is 3. The fourth-order valence-corrected chi connectivity index (χ4v) is 2.98. The summed E-state index contributed by atoms with van der Waals surface area (Å²) in [6.07, 6.45) is -26.5. The summed E-state index contributed by atoms with van der Waals surface area (Å²) in [5.41, 5.74) is -0.861. The van der Waals surface area contributed by atoms with Crippen LogP contribution in [-0.4, -0.2) is 90.9 Å². The molecule has 0 rings (SSSR count). The van der Waals surface area contributed by atoms with Crippen molar-refractivity contribution in [3.63, 3.8) is 0 Å².